The van der Waals surface area contributed by atoms with Crippen molar-refractivity contribution in [3.8, 4) is 23.2 Å². The van der Waals surface area contributed by atoms with Crippen molar-refractivity contribution >= 4 is 36.9 Å². The van der Waals surface area contributed by atoms with Crippen LogP contribution in [0.25, 0.3) is 22.2 Å². The van der Waals surface area contributed by atoms with Gasteiger partial charge in [0.1, 0.15) is 11.6 Å². The van der Waals surface area contributed by atoms with E-state index in [1.165, 1.54) is 24.4 Å². The number of fused-ring (bicyclic) bond motifs is 1. The Labute approximate surface area is 201 Å². The molecule has 6 nitrogen and oxygen atoms in total. The number of halogens is 4. The summed E-state index contributed by atoms with van der Waals surface area (Å²) in [6.07, 6.45) is -3.64. The number of aromatic nitrogens is 2. The second-order valence-corrected chi connectivity index (χ2v) is 10.1. The molecule has 0 fully saturated rings. The molecule has 0 unspecified atom stereocenters. The smallest absolute Gasteiger partial charge is 0.417 e. The molecule has 0 aliphatic carbocycles. The summed E-state index contributed by atoms with van der Waals surface area (Å²) >= 11 is 3.32. The predicted octanol–water partition coefficient (Wildman–Crippen LogP) is 5.91. The first kappa shape index (κ1) is 23.8. The molecule has 4 aromatic rings. The second-order valence-electron chi connectivity index (χ2n) is 7.37. The van der Waals surface area contributed by atoms with Gasteiger partial charge in [0.05, 0.1) is 28.8 Å². The molecule has 0 saturated carbocycles. The lowest BCUT2D eigenvalue weighted by Crippen LogP contribution is -2.12. The van der Waals surface area contributed by atoms with Gasteiger partial charge in [0, 0.05) is 21.6 Å². The Bertz CT molecular complexity index is 1570. The zero-order valence-corrected chi connectivity index (χ0v) is 20.1. The lowest BCUT2D eigenvalue weighted by Gasteiger charge is -2.13. The third kappa shape index (κ3) is 4.03. The molecule has 2 aromatic heterocycles. The molecule has 0 N–H and O–H groups in total. The van der Waals surface area contributed by atoms with Crippen molar-refractivity contribution in [3.63, 3.8) is 0 Å². The van der Waals surface area contributed by atoms with Gasteiger partial charge in [-0.3, -0.25) is 0 Å². The van der Waals surface area contributed by atoms with Gasteiger partial charge in [-0.25, -0.2) is 17.4 Å². The van der Waals surface area contributed by atoms with Crippen molar-refractivity contribution < 1.29 is 26.3 Å². The molecule has 0 aliphatic heterocycles. The van der Waals surface area contributed by atoms with Crippen LogP contribution in [-0.2, 0) is 16.2 Å². The van der Waals surface area contributed by atoms with Gasteiger partial charge in [0.25, 0.3) is 10.0 Å². The van der Waals surface area contributed by atoms with Crippen LogP contribution in [0.3, 0.4) is 0 Å². The largest absolute Gasteiger partial charge is 0.480 e. The fourth-order valence-corrected chi connectivity index (χ4v) is 5.27. The molecule has 4 rings (SSSR count). The number of hydrogen-bond donors (Lipinski definition) is 0. The number of rotatable bonds is 4. The van der Waals surface area contributed by atoms with Crippen LogP contribution < -0.4 is 4.74 Å². The third-order valence-corrected chi connectivity index (χ3v) is 7.36. The average molecular weight is 550 g/mol. The van der Waals surface area contributed by atoms with Crippen LogP contribution >= 0.6 is 15.9 Å². The van der Waals surface area contributed by atoms with Crippen LogP contribution in [0, 0.1) is 18.3 Å². The quantitative estimate of drug-likeness (QED) is 0.316. The molecule has 0 spiro atoms. The monoisotopic (exact) mass is 549 g/mol. The maximum Gasteiger partial charge on any atom is 0.417 e. The maximum absolute atomic E-state index is 13.7. The molecule has 0 saturated heterocycles. The number of aryl methyl sites for hydroxylation is 1. The summed E-state index contributed by atoms with van der Waals surface area (Å²) in [6.45, 7) is 1.82. The minimum absolute atomic E-state index is 0.0193. The Morgan fingerprint density at radius 3 is 2.38 bits per heavy atom. The number of benzene rings is 2. The van der Waals surface area contributed by atoms with Crippen molar-refractivity contribution in [2.24, 2.45) is 0 Å². The molecule has 2 aromatic carbocycles. The number of methoxy groups -OCH3 is 1. The SMILES string of the molecule is COc1nc(-c2cn(S(=O)(=O)c3ccc(C)cc3)c3ccc(Br)cc23)cc(C(F)(F)F)c1C#N. The van der Waals surface area contributed by atoms with Crippen LogP contribution in [0.2, 0.25) is 0 Å². The van der Waals surface area contributed by atoms with Gasteiger partial charge in [-0.05, 0) is 43.3 Å². The number of nitrogens with zero attached hydrogens (tertiary/aromatic N) is 3. The predicted molar refractivity (Wildman–Crippen MR) is 123 cm³/mol. The van der Waals surface area contributed by atoms with E-state index in [1.807, 2.05) is 6.92 Å². The van der Waals surface area contributed by atoms with Crippen LogP contribution in [0.15, 0.2) is 64.1 Å². The highest BCUT2D eigenvalue weighted by Crippen LogP contribution is 2.40. The van der Waals surface area contributed by atoms with E-state index in [4.69, 9.17) is 4.74 Å². The normalized spacial score (nSPS) is 12.0. The number of pyridine rings is 1. The number of hydrogen-bond acceptors (Lipinski definition) is 5. The van der Waals surface area contributed by atoms with Gasteiger partial charge >= 0.3 is 6.18 Å². The van der Waals surface area contributed by atoms with Crippen LogP contribution in [0.1, 0.15) is 16.7 Å². The Morgan fingerprint density at radius 2 is 1.79 bits per heavy atom. The van der Waals surface area contributed by atoms with Gasteiger partial charge in [-0.1, -0.05) is 33.6 Å². The Balaban J connectivity index is 2.05. The van der Waals surface area contributed by atoms with Crippen molar-refractivity contribution in [1.29, 1.82) is 5.26 Å². The molecule has 0 radical (unpaired) electrons. The molecule has 11 heteroatoms. The summed E-state index contributed by atoms with van der Waals surface area (Å²) in [4.78, 5) is 4.12. The lowest BCUT2D eigenvalue weighted by molar-refractivity contribution is -0.137. The molecular weight excluding hydrogens is 535 g/mol. The van der Waals surface area contributed by atoms with E-state index < -0.39 is 33.2 Å². The fourth-order valence-electron chi connectivity index (χ4n) is 3.54. The molecule has 34 heavy (non-hydrogen) atoms. The zero-order chi connectivity index (χ0) is 24.8. The van der Waals surface area contributed by atoms with E-state index in [-0.39, 0.29) is 21.7 Å². The summed E-state index contributed by atoms with van der Waals surface area (Å²) in [7, 11) is -2.98. The molecule has 174 valence electrons. The summed E-state index contributed by atoms with van der Waals surface area (Å²) in [5.74, 6) is -0.510. The molecular formula is C23H15BrF3N3O3S. The summed E-state index contributed by atoms with van der Waals surface area (Å²) in [5, 5.41) is 9.60. The Hall–Kier alpha value is -3.36. The summed E-state index contributed by atoms with van der Waals surface area (Å²) < 4.78 is 74.6. The number of alkyl halides is 3. The first-order valence-electron chi connectivity index (χ1n) is 9.67. The minimum Gasteiger partial charge on any atom is -0.480 e. The zero-order valence-electron chi connectivity index (χ0n) is 17.7. The van der Waals surface area contributed by atoms with Crippen LogP contribution in [-0.4, -0.2) is 24.5 Å². The van der Waals surface area contributed by atoms with Crippen molar-refractivity contribution in [1.82, 2.24) is 8.96 Å². The highest BCUT2D eigenvalue weighted by molar-refractivity contribution is 9.10. The first-order valence-corrected chi connectivity index (χ1v) is 11.9. The van der Waals surface area contributed by atoms with Gasteiger partial charge < -0.3 is 4.74 Å². The fraction of sp³-hybridized carbons (Fsp3) is 0.130. The molecule has 0 aliphatic rings. The van der Waals surface area contributed by atoms with E-state index in [2.05, 4.69) is 20.9 Å². The van der Waals surface area contributed by atoms with Gasteiger partial charge in [-0.15, -0.1) is 0 Å². The Kier molecular flexibility index (Phi) is 5.91. The van der Waals surface area contributed by atoms with Gasteiger partial charge in [0.2, 0.25) is 5.88 Å². The molecule has 0 bridgehead atoms. The first-order chi connectivity index (χ1) is 16.0. The summed E-state index contributed by atoms with van der Waals surface area (Å²) in [5.41, 5.74) is -0.929. The maximum atomic E-state index is 13.7. The summed E-state index contributed by atoms with van der Waals surface area (Å²) in [6, 6.07) is 13.2. The van der Waals surface area contributed by atoms with Crippen molar-refractivity contribution in [2.75, 3.05) is 7.11 Å². The molecule has 0 atom stereocenters. The van der Waals surface area contributed by atoms with Crippen molar-refractivity contribution in [2.45, 2.75) is 18.0 Å². The highest BCUT2D eigenvalue weighted by Gasteiger charge is 2.37. The minimum atomic E-state index is -4.86. The van der Waals surface area contributed by atoms with E-state index in [0.717, 1.165) is 22.7 Å². The van der Waals surface area contributed by atoms with Gasteiger partial charge in [0.15, 0.2) is 0 Å². The average Bonchev–Trinajstić information content (AvgIpc) is 3.17. The van der Waals surface area contributed by atoms with E-state index in [1.54, 1.807) is 30.3 Å². The number of nitriles is 1. The lowest BCUT2D eigenvalue weighted by atomic mass is 10.0. The van der Waals surface area contributed by atoms with Crippen LogP contribution in [0.5, 0.6) is 5.88 Å². The number of ether oxygens (including phenoxy) is 1. The highest BCUT2D eigenvalue weighted by atomic mass is 79.9. The van der Waals surface area contributed by atoms with E-state index in [0.29, 0.717) is 9.86 Å². The van der Waals surface area contributed by atoms with Crippen LogP contribution in [0.4, 0.5) is 13.2 Å². The third-order valence-electron chi connectivity index (χ3n) is 5.18. The topological polar surface area (TPSA) is 85.0 Å². The van der Waals surface area contributed by atoms with Crippen molar-refractivity contribution in [3.05, 3.63) is 75.9 Å². The second kappa shape index (κ2) is 8.45. The van der Waals surface area contributed by atoms with E-state index >= 15 is 0 Å². The van der Waals surface area contributed by atoms with Gasteiger partial charge in [-0.2, -0.15) is 18.4 Å². The van der Waals surface area contributed by atoms with E-state index in [9.17, 15) is 26.9 Å². The standard InChI is InChI=1S/C23H15BrF3N3O3S/c1-13-3-6-15(7-4-13)34(31,32)30-12-18(16-9-14(24)5-8-21(16)30)20-10-19(23(25,26)27)17(11-28)22(29-20)33-2/h3-10,12H,1-2H3. The Morgan fingerprint density at radius 1 is 1.12 bits per heavy atom. The molecule has 2 heterocycles. The molecule has 0 amide bonds.